The number of hydrogen-bond donors (Lipinski definition) is 1. The molecule has 0 fully saturated rings. The maximum absolute atomic E-state index is 5.43. The van der Waals surface area contributed by atoms with Gasteiger partial charge in [-0.05, 0) is 37.1 Å². The highest BCUT2D eigenvalue weighted by Gasteiger charge is 2.10. The Morgan fingerprint density at radius 2 is 1.94 bits per heavy atom. The maximum atomic E-state index is 5.43. The lowest BCUT2D eigenvalue weighted by atomic mass is 10.1. The lowest BCUT2D eigenvalue weighted by Gasteiger charge is -2.14. The summed E-state index contributed by atoms with van der Waals surface area (Å²) >= 11 is 0. The number of rotatable bonds is 6. The molecule has 0 spiro atoms. The first kappa shape index (κ1) is 11.9. The predicted octanol–water partition coefficient (Wildman–Crippen LogP) is 3.56. The van der Waals surface area contributed by atoms with E-state index in [2.05, 4.69) is 42.6 Å². The van der Waals surface area contributed by atoms with Crippen LogP contribution in [0.25, 0.3) is 0 Å². The van der Waals surface area contributed by atoms with Crippen LogP contribution >= 0.6 is 0 Å². The van der Waals surface area contributed by atoms with Crippen molar-refractivity contribution in [1.29, 1.82) is 0 Å². The summed E-state index contributed by atoms with van der Waals surface area (Å²) in [5.74, 6) is 1.03. The molecule has 2 rings (SSSR count). The average Bonchev–Trinajstić information content (AvgIpc) is 2.90. The van der Waals surface area contributed by atoms with E-state index in [0.717, 1.165) is 25.1 Å². The van der Waals surface area contributed by atoms with Crippen molar-refractivity contribution in [2.45, 2.75) is 25.8 Å². The van der Waals surface area contributed by atoms with Gasteiger partial charge in [-0.2, -0.15) is 0 Å². The van der Waals surface area contributed by atoms with Crippen molar-refractivity contribution in [2.24, 2.45) is 0 Å². The molecule has 1 N–H and O–H groups in total. The lowest BCUT2D eigenvalue weighted by Crippen LogP contribution is -2.22. The van der Waals surface area contributed by atoms with E-state index in [4.69, 9.17) is 4.42 Å². The first-order chi connectivity index (χ1) is 8.40. The number of benzene rings is 1. The molecule has 1 atom stereocenters. The molecule has 0 aliphatic rings. The molecule has 1 aromatic carbocycles. The fraction of sp³-hybridized carbons (Fsp3) is 0.333. The fourth-order valence-corrected chi connectivity index (χ4v) is 1.97. The van der Waals surface area contributed by atoms with Crippen molar-refractivity contribution in [2.75, 3.05) is 6.54 Å². The summed E-state index contributed by atoms with van der Waals surface area (Å²) in [6.45, 7) is 3.14. The molecule has 1 unspecified atom stereocenters. The molecule has 90 valence electrons. The van der Waals surface area contributed by atoms with Gasteiger partial charge < -0.3 is 9.73 Å². The highest BCUT2D eigenvalue weighted by atomic mass is 16.3. The zero-order valence-corrected chi connectivity index (χ0v) is 10.2. The predicted molar refractivity (Wildman–Crippen MR) is 69.9 cm³/mol. The van der Waals surface area contributed by atoms with Gasteiger partial charge in [0, 0.05) is 0 Å². The number of nitrogens with one attached hydrogen (secondary N) is 1. The zero-order chi connectivity index (χ0) is 11.9. The van der Waals surface area contributed by atoms with E-state index in [9.17, 15) is 0 Å². The number of furan rings is 1. The third-order valence-electron chi connectivity index (χ3n) is 2.94. The first-order valence-electron chi connectivity index (χ1n) is 6.21. The molecule has 0 aliphatic heterocycles. The quantitative estimate of drug-likeness (QED) is 0.819. The summed E-state index contributed by atoms with van der Waals surface area (Å²) < 4.78 is 5.43. The second-order valence-electron chi connectivity index (χ2n) is 4.17. The molecule has 0 bridgehead atoms. The Kier molecular flexibility index (Phi) is 4.39. The largest absolute Gasteiger partial charge is 0.468 e. The summed E-state index contributed by atoms with van der Waals surface area (Å²) in [4.78, 5) is 0. The second-order valence-corrected chi connectivity index (χ2v) is 4.17. The Morgan fingerprint density at radius 1 is 1.12 bits per heavy atom. The standard InChI is InChI=1S/C15H19NO/c1-2-14(15-9-6-12-17-15)16-11-10-13-7-4-3-5-8-13/h3-9,12,14,16H,2,10-11H2,1H3. The van der Waals surface area contributed by atoms with E-state index in [1.165, 1.54) is 5.56 Å². The first-order valence-corrected chi connectivity index (χ1v) is 6.21. The Bertz CT molecular complexity index is 408. The average molecular weight is 229 g/mol. The van der Waals surface area contributed by atoms with E-state index in [1.54, 1.807) is 6.26 Å². The van der Waals surface area contributed by atoms with Crippen molar-refractivity contribution < 1.29 is 4.42 Å². The fourth-order valence-electron chi connectivity index (χ4n) is 1.97. The molecule has 0 saturated carbocycles. The molecule has 2 nitrogen and oxygen atoms in total. The van der Waals surface area contributed by atoms with Gasteiger partial charge >= 0.3 is 0 Å². The summed E-state index contributed by atoms with van der Waals surface area (Å²) in [7, 11) is 0. The van der Waals surface area contributed by atoms with Crippen LogP contribution in [-0.4, -0.2) is 6.54 Å². The third-order valence-corrected chi connectivity index (χ3v) is 2.94. The summed E-state index contributed by atoms with van der Waals surface area (Å²) in [5, 5.41) is 3.53. The van der Waals surface area contributed by atoms with Crippen LogP contribution in [0.3, 0.4) is 0 Å². The van der Waals surface area contributed by atoms with E-state index in [-0.39, 0.29) is 0 Å². The minimum Gasteiger partial charge on any atom is -0.468 e. The van der Waals surface area contributed by atoms with Gasteiger partial charge in [0.05, 0.1) is 12.3 Å². The summed E-state index contributed by atoms with van der Waals surface area (Å²) in [6, 6.07) is 14.8. The van der Waals surface area contributed by atoms with Gasteiger partial charge in [-0.15, -0.1) is 0 Å². The minimum absolute atomic E-state index is 0.328. The molecule has 1 heterocycles. The van der Waals surface area contributed by atoms with Crippen LogP contribution in [0, 0.1) is 0 Å². The van der Waals surface area contributed by atoms with Gasteiger partial charge in [-0.25, -0.2) is 0 Å². The van der Waals surface area contributed by atoms with Crippen molar-refractivity contribution in [3.05, 3.63) is 60.1 Å². The highest BCUT2D eigenvalue weighted by Crippen LogP contribution is 2.16. The molecule has 17 heavy (non-hydrogen) atoms. The van der Waals surface area contributed by atoms with Crippen LogP contribution in [0.4, 0.5) is 0 Å². The van der Waals surface area contributed by atoms with Gasteiger partial charge in [0.2, 0.25) is 0 Å². The van der Waals surface area contributed by atoms with E-state index >= 15 is 0 Å². The van der Waals surface area contributed by atoms with Crippen molar-refractivity contribution in [3.8, 4) is 0 Å². The smallest absolute Gasteiger partial charge is 0.120 e. The van der Waals surface area contributed by atoms with Crippen molar-refractivity contribution >= 4 is 0 Å². The Labute approximate surface area is 103 Å². The Morgan fingerprint density at radius 3 is 2.59 bits per heavy atom. The van der Waals surface area contributed by atoms with Crippen LogP contribution in [0.1, 0.15) is 30.7 Å². The second kappa shape index (κ2) is 6.26. The van der Waals surface area contributed by atoms with E-state index < -0.39 is 0 Å². The van der Waals surface area contributed by atoms with E-state index in [0.29, 0.717) is 6.04 Å². The Balaban J connectivity index is 1.81. The Hall–Kier alpha value is -1.54. The third kappa shape index (κ3) is 3.46. The molecule has 0 aliphatic carbocycles. The van der Waals surface area contributed by atoms with Crippen LogP contribution in [0.5, 0.6) is 0 Å². The summed E-state index contributed by atoms with van der Waals surface area (Å²) in [6.07, 6.45) is 3.83. The molecule has 0 saturated heterocycles. The normalized spacial score (nSPS) is 12.5. The topological polar surface area (TPSA) is 25.2 Å². The molecular weight excluding hydrogens is 210 g/mol. The zero-order valence-electron chi connectivity index (χ0n) is 10.2. The monoisotopic (exact) mass is 229 g/mol. The van der Waals surface area contributed by atoms with Crippen LogP contribution in [-0.2, 0) is 6.42 Å². The molecule has 2 heteroatoms. The van der Waals surface area contributed by atoms with Gasteiger partial charge in [-0.3, -0.25) is 0 Å². The van der Waals surface area contributed by atoms with E-state index in [1.807, 2.05) is 12.1 Å². The van der Waals surface area contributed by atoms with Gasteiger partial charge in [0.15, 0.2) is 0 Å². The van der Waals surface area contributed by atoms with Crippen molar-refractivity contribution in [1.82, 2.24) is 5.32 Å². The van der Waals surface area contributed by atoms with Gasteiger partial charge in [-0.1, -0.05) is 37.3 Å². The van der Waals surface area contributed by atoms with Gasteiger partial charge in [0.25, 0.3) is 0 Å². The van der Waals surface area contributed by atoms with Crippen molar-refractivity contribution in [3.63, 3.8) is 0 Å². The molecule has 2 aromatic rings. The van der Waals surface area contributed by atoms with Crippen LogP contribution in [0.2, 0.25) is 0 Å². The highest BCUT2D eigenvalue weighted by molar-refractivity contribution is 5.15. The molecule has 1 aromatic heterocycles. The maximum Gasteiger partial charge on any atom is 0.120 e. The minimum atomic E-state index is 0.328. The lowest BCUT2D eigenvalue weighted by molar-refractivity contribution is 0.406. The van der Waals surface area contributed by atoms with Crippen LogP contribution < -0.4 is 5.32 Å². The molecular formula is C15H19NO. The molecule has 0 amide bonds. The number of hydrogen-bond acceptors (Lipinski definition) is 2. The summed E-state index contributed by atoms with van der Waals surface area (Å²) in [5.41, 5.74) is 1.37. The SMILES string of the molecule is CCC(NCCc1ccccc1)c1ccco1. The van der Waals surface area contributed by atoms with Crippen LogP contribution in [0.15, 0.2) is 53.1 Å². The van der Waals surface area contributed by atoms with Gasteiger partial charge in [0.1, 0.15) is 5.76 Å². The molecule has 0 radical (unpaired) electrons.